The summed E-state index contributed by atoms with van der Waals surface area (Å²) in [6.45, 7) is 0. The fourth-order valence-corrected chi connectivity index (χ4v) is 2.83. The molecule has 0 spiro atoms. The Morgan fingerprint density at radius 1 is 1.08 bits per heavy atom. The quantitative estimate of drug-likeness (QED) is 0.727. The monoisotopic (exact) mass is 361 g/mol. The van der Waals surface area contributed by atoms with Crippen LogP contribution in [0.2, 0.25) is 0 Å². The first-order valence-electron chi connectivity index (χ1n) is 4.02. The molecule has 4 nitrogen and oxygen atoms in total. The Morgan fingerprint density at radius 3 is 2.31 bits per heavy atom. The normalized spacial score (nSPS) is 18.0. The van der Waals surface area contributed by atoms with Gasteiger partial charge in [0.1, 0.15) is 0 Å². The van der Waals surface area contributed by atoms with Crippen molar-refractivity contribution in [3.8, 4) is 0 Å². The maximum atomic E-state index is 4.04. The van der Waals surface area contributed by atoms with E-state index in [0.717, 1.165) is 6.42 Å². The van der Waals surface area contributed by atoms with E-state index < -0.39 is 0 Å². The van der Waals surface area contributed by atoms with E-state index in [-0.39, 0.29) is 3.17 Å². The molecule has 0 saturated carbocycles. The molecule has 0 bridgehead atoms. The first kappa shape index (κ1) is 8.93. The zero-order valence-corrected chi connectivity index (χ0v) is 12.6. The summed E-state index contributed by atoms with van der Waals surface area (Å²) in [7, 11) is 0. The van der Waals surface area contributed by atoms with Crippen LogP contribution in [0.1, 0.15) is 5.56 Å². The first-order chi connectivity index (χ1) is 6.29. The van der Waals surface area contributed by atoms with Crippen LogP contribution >= 0.6 is 0 Å². The maximum absolute atomic E-state index is 4.04. The van der Waals surface area contributed by atoms with Gasteiger partial charge in [-0.15, -0.1) is 0 Å². The van der Waals surface area contributed by atoms with Crippen molar-refractivity contribution < 1.29 is 26.1 Å². The van der Waals surface area contributed by atoms with Crippen molar-refractivity contribution in [3.63, 3.8) is 0 Å². The van der Waals surface area contributed by atoms with Gasteiger partial charge < -0.3 is 0 Å². The van der Waals surface area contributed by atoms with E-state index in [1.807, 2.05) is 18.2 Å². The van der Waals surface area contributed by atoms with Crippen molar-refractivity contribution in [3.05, 3.63) is 35.9 Å². The van der Waals surface area contributed by atoms with Gasteiger partial charge in [-0.3, -0.25) is 0 Å². The minimum absolute atomic E-state index is 0.290. The molecular weight excluding hydrogens is 353 g/mol. The fraction of sp³-hybridized carbons (Fsp3) is 0.250. The van der Waals surface area contributed by atoms with Crippen molar-refractivity contribution >= 4 is 0 Å². The van der Waals surface area contributed by atoms with E-state index in [2.05, 4.69) is 32.8 Å². The van der Waals surface area contributed by atoms with Gasteiger partial charge in [-0.05, 0) is 0 Å². The molecular formula is C8H7HgN4. The molecule has 61 valence electrons. The van der Waals surface area contributed by atoms with Crippen LogP contribution < -0.4 is 0 Å². The van der Waals surface area contributed by atoms with Gasteiger partial charge in [0.2, 0.25) is 0 Å². The zero-order valence-electron chi connectivity index (χ0n) is 7.09. The van der Waals surface area contributed by atoms with Gasteiger partial charge >= 0.3 is 92.3 Å². The average molecular weight is 360 g/mol. The van der Waals surface area contributed by atoms with E-state index >= 15 is 0 Å². The average Bonchev–Trinajstić information content (AvgIpc) is 2.54. The molecule has 0 radical (unpaired) electrons. The third-order valence-corrected chi connectivity index (χ3v) is 3.90. The van der Waals surface area contributed by atoms with Crippen LogP contribution in [-0.4, -0.2) is 3.17 Å². The predicted molar refractivity (Wildman–Crippen MR) is 42.6 cm³/mol. The molecule has 0 aromatic heterocycles. The van der Waals surface area contributed by atoms with Gasteiger partial charge in [0.05, 0.1) is 0 Å². The van der Waals surface area contributed by atoms with Crippen molar-refractivity contribution in [2.45, 2.75) is 9.59 Å². The Bertz CT molecular complexity index is 334. The predicted octanol–water partition coefficient (Wildman–Crippen LogP) is 2.26. The molecule has 0 fully saturated rings. The van der Waals surface area contributed by atoms with Gasteiger partial charge in [0, 0.05) is 0 Å². The summed E-state index contributed by atoms with van der Waals surface area (Å²) in [6.07, 6.45) is 0.837. The van der Waals surface area contributed by atoms with Gasteiger partial charge in [-0.1, -0.05) is 0 Å². The van der Waals surface area contributed by atoms with E-state index in [1.54, 1.807) is 0 Å². The second-order valence-corrected chi connectivity index (χ2v) is 7.43. The van der Waals surface area contributed by atoms with Crippen molar-refractivity contribution in [2.75, 3.05) is 0 Å². The van der Waals surface area contributed by atoms with Crippen LogP contribution in [0.4, 0.5) is 0 Å². The summed E-state index contributed by atoms with van der Waals surface area (Å²) in [5.41, 5.74) is 1.25. The topological polar surface area (TPSA) is 49.4 Å². The third kappa shape index (κ3) is 2.18. The minimum atomic E-state index is -0.290. The van der Waals surface area contributed by atoms with Crippen LogP contribution in [0.15, 0.2) is 51.0 Å². The van der Waals surface area contributed by atoms with Crippen LogP contribution in [0.5, 0.6) is 0 Å². The van der Waals surface area contributed by atoms with E-state index in [0.29, 0.717) is 26.1 Å². The molecule has 1 aromatic carbocycles. The molecule has 13 heavy (non-hydrogen) atoms. The molecule has 1 aromatic rings. The van der Waals surface area contributed by atoms with E-state index in [1.165, 1.54) is 5.56 Å². The first-order valence-corrected chi connectivity index (χ1v) is 6.77. The Hall–Kier alpha value is -0.645. The number of rotatable bonds is 2. The Kier molecular flexibility index (Phi) is 2.48. The van der Waals surface area contributed by atoms with Crippen LogP contribution in [0, 0.1) is 0 Å². The molecule has 0 aliphatic carbocycles. The Balaban J connectivity index is 2.15. The third-order valence-electron chi connectivity index (χ3n) is 1.83. The van der Waals surface area contributed by atoms with Gasteiger partial charge in [0.15, 0.2) is 0 Å². The zero-order chi connectivity index (χ0) is 9.15. The fourth-order valence-electron chi connectivity index (χ4n) is 1.22. The number of benzene rings is 1. The Morgan fingerprint density at radius 2 is 1.69 bits per heavy atom. The molecule has 5 heteroatoms. The summed E-state index contributed by atoms with van der Waals surface area (Å²) >= 11 is 0.418. The van der Waals surface area contributed by atoms with E-state index in [9.17, 15) is 0 Å². The second kappa shape index (κ2) is 3.61. The molecule has 2 rings (SSSR count). The van der Waals surface area contributed by atoms with Crippen molar-refractivity contribution in [1.82, 2.24) is 0 Å². The summed E-state index contributed by atoms with van der Waals surface area (Å²) in [5.74, 6) is 0. The standard InChI is InChI=1S/C8H7N4.Hg/c1-2-4-7(5-3-1)6-8-9-11-12-10-8;/h1-5H,6H2;. The number of hydrogen-bond donors (Lipinski definition) is 0. The number of hydrogen-bond acceptors (Lipinski definition) is 4. The van der Waals surface area contributed by atoms with Crippen molar-refractivity contribution in [2.24, 2.45) is 20.7 Å². The Labute approximate surface area is 92.1 Å². The van der Waals surface area contributed by atoms with Crippen LogP contribution in [0.25, 0.3) is 0 Å². The van der Waals surface area contributed by atoms with Gasteiger partial charge in [0.25, 0.3) is 0 Å². The second-order valence-electron chi connectivity index (χ2n) is 3.02. The molecule has 0 amide bonds. The summed E-state index contributed by atoms with van der Waals surface area (Å²) in [6, 6.07) is 10.2. The van der Waals surface area contributed by atoms with Crippen molar-refractivity contribution in [1.29, 1.82) is 0 Å². The molecule has 0 unspecified atom stereocenters. The van der Waals surface area contributed by atoms with Gasteiger partial charge in [-0.25, -0.2) is 0 Å². The van der Waals surface area contributed by atoms with E-state index in [4.69, 9.17) is 0 Å². The molecule has 0 N–H and O–H groups in total. The van der Waals surface area contributed by atoms with Crippen LogP contribution in [0.3, 0.4) is 0 Å². The summed E-state index contributed by atoms with van der Waals surface area (Å²) in [5, 5.41) is 15.2. The van der Waals surface area contributed by atoms with Gasteiger partial charge in [-0.2, -0.15) is 0 Å². The molecule has 1 heterocycles. The van der Waals surface area contributed by atoms with Crippen LogP contribution in [-0.2, 0) is 32.5 Å². The summed E-state index contributed by atoms with van der Waals surface area (Å²) in [4.78, 5) is 0. The molecule has 0 atom stereocenters. The molecule has 1 aliphatic rings. The number of nitrogens with zero attached hydrogens (tertiary/aromatic N) is 4. The summed E-state index contributed by atoms with van der Waals surface area (Å²) < 4.78 is -0.290. The SMILES string of the molecule is [Hg][C]1(Cc2ccccc2)N=NN=N1. The molecule has 0 saturated heterocycles. The molecule has 1 aliphatic heterocycles.